The number of hydrogen-bond acceptors (Lipinski definition) is 5. The SMILES string of the molecule is CN1CCCC1CNc1nc(C(=O)O)co1. The van der Waals surface area contributed by atoms with Gasteiger partial charge in [0, 0.05) is 12.6 Å². The number of carboxylic acids is 1. The predicted octanol–water partition coefficient (Wildman–Crippen LogP) is 0.879. The van der Waals surface area contributed by atoms with E-state index in [1.165, 1.54) is 6.42 Å². The van der Waals surface area contributed by atoms with E-state index < -0.39 is 5.97 Å². The van der Waals surface area contributed by atoms with Crippen LogP contribution < -0.4 is 5.32 Å². The quantitative estimate of drug-likeness (QED) is 0.792. The number of aromatic carboxylic acids is 1. The van der Waals surface area contributed by atoms with E-state index in [4.69, 9.17) is 9.52 Å². The van der Waals surface area contributed by atoms with Crippen LogP contribution in [0.5, 0.6) is 0 Å². The molecule has 1 atom stereocenters. The number of carboxylic acid groups (broad SMARTS) is 1. The third kappa shape index (κ3) is 2.33. The summed E-state index contributed by atoms with van der Waals surface area (Å²) in [7, 11) is 2.08. The van der Waals surface area contributed by atoms with Gasteiger partial charge in [-0.3, -0.25) is 0 Å². The molecule has 1 aromatic heterocycles. The number of nitrogens with zero attached hydrogens (tertiary/aromatic N) is 2. The molecule has 0 radical (unpaired) electrons. The van der Waals surface area contributed by atoms with Gasteiger partial charge in [0.05, 0.1) is 0 Å². The van der Waals surface area contributed by atoms with Crippen LogP contribution in [-0.2, 0) is 0 Å². The summed E-state index contributed by atoms with van der Waals surface area (Å²) in [4.78, 5) is 16.6. The maximum absolute atomic E-state index is 10.6. The molecule has 2 N–H and O–H groups in total. The van der Waals surface area contributed by atoms with Crippen molar-refractivity contribution in [3.8, 4) is 0 Å². The van der Waals surface area contributed by atoms with Gasteiger partial charge in [-0.1, -0.05) is 0 Å². The molecule has 1 unspecified atom stereocenters. The summed E-state index contributed by atoms with van der Waals surface area (Å²) >= 11 is 0. The molecule has 1 aliphatic heterocycles. The van der Waals surface area contributed by atoms with Crippen molar-refractivity contribution in [1.82, 2.24) is 9.88 Å². The molecule has 0 saturated carbocycles. The summed E-state index contributed by atoms with van der Waals surface area (Å²) in [5.41, 5.74) is -0.0673. The molecule has 6 heteroatoms. The Morgan fingerprint density at radius 2 is 2.62 bits per heavy atom. The number of aromatic nitrogens is 1. The number of rotatable bonds is 4. The Balaban J connectivity index is 1.87. The molecule has 16 heavy (non-hydrogen) atoms. The summed E-state index contributed by atoms with van der Waals surface area (Å²) in [5.74, 6) is -1.07. The number of anilines is 1. The summed E-state index contributed by atoms with van der Waals surface area (Å²) < 4.78 is 5.00. The van der Waals surface area contributed by atoms with E-state index in [1.54, 1.807) is 0 Å². The minimum atomic E-state index is -1.07. The Bertz CT molecular complexity index is 377. The molecule has 2 heterocycles. The zero-order valence-corrected chi connectivity index (χ0v) is 9.14. The lowest BCUT2D eigenvalue weighted by molar-refractivity contribution is 0.0690. The molecule has 1 aliphatic rings. The summed E-state index contributed by atoms with van der Waals surface area (Å²) in [6.07, 6.45) is 3.49. The minimum absolute atomic E-state index is 0.0673. The predicted molar refractivity (Wildman–Crippen MR) is 57.6 cm³/mol. The average molecular weight is 225 g/mol. The molecule has 1 fully saturated rings. The molecular formula is C10H15N3O3. The second kappa shape index (κ2) is 4.52. The van der Waals surface area contributed by atoms with Crippen molar-refractivity contribution < 1.29 is 14.3 Å². The maximum atomic E-state index is 10.6. The maximum Gasteiger partial charge on any atom is 0.357 e. The highest BCUT2D eigenvalue weighted by molar-refractivity contribution is 5.85. The summed E-state index contributed by atoms with van der Waals surface area (Å²) in [5, 5.41) is 11.7. The summed E-state index contributed by atoms with van der Waals surface area (Å²) in [6.45, 7) is 1.84. The fourth-order valence-electron chi connectivity index (χ4n) is 1.90. The van der Waals surface area contributed by atoms with Gasteiger partial charge in [0.15, 0.2) is 5.69 Å². The Hall–Kier alpha value is -1.56. The van der Waals surface area contributed by atoms with Gasteiger partial charge in [-0.15, -0.1) is 0 Å². The van der Waals surface area contributed by atoms with Crippen molar-refractivity contribution in [3.63, 3.8) is 0 Å². The Morgan fingerprint density at radius 1 is 1.81 bits per heavy atom. The molecule has 1 saturated heterocycles. The lowest BCUT2D eigenvalue weighted by Gasteiger charge is -2.18. The van der Waals surface area contributed by atoms with Crippen molar-refractivity contribution in [3.05, 3.63) is 12.0 Å². The Kier molecular flexibility index (Phi) is 3.09. The molecule has 2 rings (SSSR count). The lowest BCUT2D eigenvalue weighted by Crippen LogP contribution is -2.31. The second-order valence-corrected chi connectivity index (χ2v) is 4.00. The van der Waals surface area contributed by atoms with Gasteiger partial charge in [-0.2, -0.15) is 4.98 Å². The van der Waals surface area contributed by atoms with Crippen LogP contribution in [0.4, 0.5) is 6.01 Å². The molecule has 0 spiro atoms. The van der Waals surface area contributed by atoms with E-state index in [1.807, 2.05) is 0 Å². The minimum Gasteiger partial charge on any atom is -0.476 e. The monoisotopic (exact) mass is 225 g/mol. The number of likely N-dealkylation sites (N-methyl/N-ethyl adjacent to an activating group) is 1. The number of carbonyl (C=O) groups is 1. The number of oxazole rings is 1. The first kappa shape index (κ1) is 10.9. The van der Waals surface area contributed by atoms with E-state index in [2.05, 4.69) is 22.2 Å². The van der Waals surface area contributed by atoms with Crippen molar-refractivity contribution in [2.75, 3.05) is 25.5 Å². The zero-order chi connectivity index (χ0) is 11.5. The zero-order valence-electron chi connectivity index (χ0n) is 9.14. The highest BCUT2D eigenvalue weighted by Crippen LogP contribution is 2.15. The van der Waals surface area contributed by atoms with E-state index >= 15 is 0 Å². The van der Waals surface area contributed by atoms with Crippen LogP contribution in [0.3, 0.4) is 0 Å². The van der Waals surface area contributed by atoms with Crippen LogP contribution in [-0.4, -0.2) is 47.1 Å². The van der Waals surface area contributed by atoms with Gasteiger partial charge in [-0.25, -0.2) is 4.79 Å². The van der Waals surface area contributed by atoms with Crippen molar-refractivity contribution >= 4 is 12.0 Å². The molecule has 88 valence electrons. The highest BCUT2D eigenvalue weighted by atomic mass is 16.4. The standard InChI is InChI=1S/C10H15N3O3/c1-13-4-2-3-7(13)5-11-10-12-8(6-16-10)9(14)15/h6-7H,2-5H2,1H3,(H,11,12)(H,14,15). The molecule has 0 aromatic carbocycles. The fourth-order valence-corrected chi connectivity index (χ4v) is 1.90. The van der Waals surface area contributed by atoms with Crippen LogP contribution in [0.25, 0.3) is 0 Å². The fraction of sp³-hybridized carbons (Fsp3) is 0.600. The molecule has 0 aliphatic carbocycles. The van der Waals surface area contributed by atoms with E-state index in [9.17, 15) is 4.79 Å². The summed E-state index contributed by atoms with van der Waals surface area (Å²) in [6, 6.07) is 0.748. The van der Waals surface area contributed by atoms with Gasteiger partial charge in [-0.05, 0) is 26.4 Å². The first-order valence-electron chi connectivity index (χ1n) is 5.30. The van der Waals surface area contributed by atoms with E-state index in [-0.39, 0.29) is 11.7 Å². The van der Waals surface area contributed by atoms with Crippen LogP contribution in [0.15, 0.2) is 10.7 Å². The first-order chi connectivity index (χ1) is 7.66. The van der Waals surface area contributed by atoms with Crippen molar-refractivity contribution in [2.24, 2.45) is 0 Å². The van der Waals surface area contributed by atoms with Crippen LogP contribution in [0.1, 0.15) is 23.3 Å². The van der Waals surface area contributed by atoms with Crippen molar-refractivity contribution in [2.45, 2.75) is 18.9 Å². The number of hydrogen-bond donors (Lipinski definition) is 2. The Morgan fingerprint density at radius 3 is 3.19 bits per heavy atom. The first-order valence-corrected chi connectivity index (χ1v) is 5.30. The van der Waals surface area contributed by atoms with Crippen LogP contribution in [0, 0.1) is 0 Å². The van der Waals surface area contributed by atoms with Gasteiger partial charge < -0.3 is 19.7 Å². The van der Waals surface area contributed by atoms with Gasteiger partial charge >= 0.3 is 5.97 Å². The Labute approximate surface area is 93.3 Å². The molecule has 0 amide bonds. The smallest absolute Gasteiger partial charge is 0.357 e. The molecule has 0 bridgehead atoms. The third-order valence-electron chi connectivity index (χ3n) is 2.88. The normalized spacial score (nSPS) is 21.2. The number of likely N-dealkylation sites (tertiary alicyclic amines) is 1. The van der Waals surface area contributed by atoms with Crippen LogP contribution >= 0.6 is 0 Å². The van der Waals surface area contributed by atoms with Gasteiger partial charge in [0.2, 0.25) is 0 Å². The highest BCUT2D eigenvalue weighted by Gasteiger charge is 2.21. The van der Waals surface area contributed by atoms with E-state index in [0.717, 1.165) is 25.8 Å². The van der Waals surface area contributed by atoms with Gasteiger partial charge in [0.25, 0.3) is 6.01 Å². The van der Waals surface area contributed by atoms with Crippen molar-refractivity contribution in [1.29, 1.82) is 0 Å². The molecular weight excluding hydrogens is 210 g/mol. The molecule has 1 aromatic rings. The number of nitrogens with one attached hydrogen (secondary N) is 1. The average Bonchev–Trinajstić information content (AvgIpc) is 2.83. The third-order valence-corrected chi connectivity index (χ3v) is 2.88. The second-order valence-electron chi connectivity index (χ2n) is 4.00. The molecule has 6 nitrogen and oxygen atoms in total. The largest absolute Gasteiger partial charge is 0.476 e. The topological polar surface area (TPSA) is 78.6 Å². The lowest BCUT2D eigenvalue weighted by atomic mass is 10.2. The van der Waals surface area contributed by atoms with Crippen LogP contribution in [0.2, 0.25) is 0 Å². The van der Waals surface area contributed by atoms with E-state index in [0.29, 0.717) is 6.04 Å². The van der Waals surface area contributed by atoms with Gasteiger partial charge in [0.1, 0.15) is 6.26 Å².